The van der Waals surface area contributed by atoms with Gasteiger partial charge in [-0.1, -0.05) is 29.8 Å². The molecule has 0 bridgehead atoms. The monoisotopic (exact) mass is 330 g/mol. The standard InChI is InChI=1S/C17H12ClFN2O2/c1-23-15-7-6-10(9-13(15)19)8-12(18)16-20-14-5-3-2-4-11(14)17(22)21-16/h2-9H,1H3,(H,20,21,22)/b12-8-. The number of methoxy groups -OCH3 is 1. The molecule has 0 atom stereocenters. The molecule has 6 heteroatoms. The van der Waals surface area contributed by atoms with E-state index in [0.29, 0.717) is 16.5 Å². The van der Waals surface area contributed by atoms with Crippen LogP contribution < -0.4 is 10.3 Å². The minimum Gasteiger partial charge on any atom is -0.494 e. The molecule has 1 aromatic heterocycles. The van der Waals surface area contributed by atoms with Gasteiger partial charge in [0.05, 0.1) is 23.0 Å². The van der Waals surface area contributed by atoms with Gasteiger partial charge in [-0.3, -0.25) is 4.79 Å². The van der Waals surface area contributed by atoms with Crippen molar-refractivity contribution in [3.8, 4) is 5.75 Å². The molecule has 1 heterocycles. The van der Waals surface area contributed by atoms with E-state index in [9.17, 15) is 9.18 Å². The topological polar surface area (TPSA) is 55.0 Å². The van der Waals surface area contributed by atoms with Gasteiger partial charge in [-0.05, 0) is 35.9 Å². The third kappa shape index (κ3) is 3.10. The molecular weight excluding hydrogens is 319 g/mol. The second kappa shape index (κ2) is 6.22. The first-order chi connectivity index (χ1) is 11.1. The maximum absolute atomic E-state index is 13.7. The summed E-state index contributed by atoms with van der Waals surface area (Å²) < 4.78 is 18.6. The number of rotatable bonds is 3. The number of para-hydroxylation sites is 1. The zero-order valence-corrected chi connectivity index (χ0v) is 12.9. The minimum atomic E-state index is -0.495. The highest BCUT2D eigenvalue weighted by atomic mass is 35.5. The van der Waals surface area contributed by atoms with Crippen LogP contribution in [0.15, 0.2) is 47.3 Å². The summed E-state index contributed by atoms with van der Waals surface area (Å²) in [5, 5.41) is 0.689. The summed E-state index contributed by atoms with van der Waals surface area (Å²) >= 11 is 6.21. The molecule has 0 unspecified atom stereocenters. The molecular formula is C17H12ClFN2O2. The number of benzene rings is 2. The predicted octanol–water partition coefficient (Wildman–Crippen LogP) is 3.81. The maximum Gasteiger partial charge on any atom is 0.259 e. The molecule has 0 saturated heterocycles. The van der Waals surface area contributed by atoms with Gasteiger partial charge in [0.25, 0.3) is 5.56 Å². The highest BCUT2D eigenvalue weighted by Gasteiger charge is 2.08. The Morgan fingerprint density at radius 1 is 1.30 bits per heavy atom. The van der Waals surface area contributed by atoms with Crippen molar-refractivity contribution in [1.82, 2.24) is 9.97 Å². The van der Waals surface area contributed by atoms with E-state index in [2.05, 4.69) is 9.97 Å². The SMILES string of the molecule is COc1ccc(/C=C(\Cl)c2nc3ccccc3c(=O)[nH]2)cc1F. The van der Waals surface area contributed by atoms with Crippen molar-refractivity contribution >= 4 is 33.6 Å². The Hall–Kier alpha value is -2.66. The molecule has 0 aliphatic rings. The average molecular weight is 331 g/mol. The number of nitrogens with one attached hydrogen (secondary N) is 1. The van der Waals surface area contributed by atoms with Gasteiger partial charge in [0.1, 0.15) is 0 Å². The summed E-state index contributed by atoms with van der Waals surface area (Å²) in [6.07, 6.45) is 1.52. The molecule has 2 aromatic carbocycles. The fourth-order valence-electron chi connectivity index (χ4n) is 2.19. The van der Waals surface area contributed by atoms with Crippen molar-refractivity contribution in [1.29, 1.82) is 0 Å². The number of fused-ring (bicyclic) bond motifs is 1. The Labute approximate surface area is 136 Å². The first-order valence-corrected chi connectivity index (χ1v) is 7.16. The summed E-state index contributed by atoms with van der Waals surface area (Å²) in [4.78, 5) is 19.0. The Balaban J connectivity index is 2.04. The summed E-state index contributed by atoms with van der Waals surface area (Å²) in [5.74, 6) is -0.118. The van der Waals surface area contributed by atoms with E-state index in [0.717, 1.165) is 0 Å². The number of halogens is 2. The summed E-state index contributed by atoms with van der Waals surface area (Å²) in [6, 6.07) is 11.4. The number of ether oxygens (including phenoxy) is 1. The van der Waals surface area contributed by atoms with E-state index in [1.54, 1.807) is 30.3 Å². The van der Waals surface area contributed by atoms with Crippen molar-refractivity contribution in [2.24, 2.45) is 0 Å². The van der Waals surface area contributed by atoms with Crippen LogP contribution >= 0.6 is 11.6 Å². The fourth-order valence-corrected chi connectivity index (χ4v) is 2.40. The van der Waals surface area contributed by atoms with Gasteiger partial charge in [-0.25, -0.2) is 9.37 Å². The summed E-state index contributed by atoms with van der Waals surface area (Å²) in [6.45, 7) is 0. The molecule has 4 nitrogen and oxygen atoms in total. The van der Waals surface area contributed by atoms with Crippen molar-refractivity contribution in [3.05, 3.63) is 70.0 Å². The predicted molar refractivity (Wildman–Crippen MR) is 89.0 cm³/mol. The van der Waals surface area contributed by atoms with Crippen LogP contribution in [-0.2, 0) is 0 Å². The van der Waals surface area contributed by atoms with Crippen LogP contribution in [0.2, 0.25) is 0 Å². The highest BCUT2D eigenvalue weighted by Crippen LogP contribution is 2.23. The molecule has 0 amide bonds. The van der Waals surface area contributed by atoms with E-state index in [4.69, 9.17) is 16.3 Å². The lowest BCUT2D eigenvalue weighted by molar-refractivity contribution is 0.386. The molecule has 0 radical (unpaired) electrons. The molecule has 23 heavy (non-hydrogen) atoms. The van der Waals surface area contributed by atoms with Crippen molar-refractivity contribution in [3.63, 3.8) is 0 Å². The highest BCUT2D eigenvalue weighted by molar-refractivity contribution is 6.50. The zero-order chi connectivity index (χ0) is 16.4. The van der Waals surface area contributed by atoms with Gasteiger partial charge in [-0.2, -0.15) is 0 Å². The molecule has 116 valence electrons. The van der Waals surface area contributed by atoms with Crippen molar-refractivity contribution < 1.29 is 9.13 Å². The third-order valence-corrected chi connectivity index (χ3v) is 3.60. The fraction of sp³-hybridized carbons (Fsp3) is 0.0588. The van der Waals surface area contributed by atoms with Gasteiger partial charge in [-0.15, -0.1) is 0 Å². The van der Waals surface area contributed by atoms with Crippen LogP contribution in [0.5, 0.6) is 5.75 Å². The Morgan fingerprint density at radius 3 is 2.83 bits per heavy atom. The Morgan fingerprint density at radius 2 is 2.09 bits per heavy atom. The lowest BCUT2D eigenvalue weighted by Gasteiger charge is -2.04. The van der Waals surface area contributed by atoms with Crippen LogP contribution in [0, 0.1) is 5.82 Å². The van der Waals surface area contributed by atoms with E-state index in [1.165, 1.54) is 25.3 Å². The van der Waals surface area contributed by atoms with Crippen molar-refractivity contribution in [2.75, 3.05) is 7.11 Å². The molecule has 0 fully saturated rings. The molecule has 0 spiro atoms. The smallest absolute Gasteiger partial charge is 0.259 e. The van der Waals surface area contributed by atoms with E-state index in [1.807, 2.05) is 0 Å². The second-order valence-electron chi connectivity index (χ2n) is 4.82. The van der Waals surface area contributed by atoms with Gasteiger partial charge in [0.2, 0.25) is 0 Å². The van der Waals surface area contributed by atoms with Crippen LogP contribution in [0.4, 0.5) is 4.39 Å². The first-order valence-electron chi connectivity index (χ1n) is 6.78. The van der Waals surface area contributed by atoms with Gasteiger partial charge < -0.3 is 9.72 Å². The zero-order valence-electron chi connectivity index (χ0n) is 12.1. The number of aromatic amines is 1. The lowest BCUT2D eigenvalue weighted by Crippen LogP contribution is -2.10. The Kier molecular flexibility index (Phi) is 4.12. The third-order valence-electron chi connectivity index (χ3n) is 3.31. The molecule has 3 rings (SSSR count). The molecule has 0 aliphatic carbocycles. The lowest BCUT2D eigenvalue weighted by atomic mass is 10.2. The van der Waals surface area contributed by atoms with Crippen LogP contribution in [-0.4, -0.2) is 17.1 Å². The van der Waals surface area contributed by atoms with E-state index < -0.39 is 5.82 Å². The summed E-state index contributed by atoms with van der Waals surface area (Å²) in [7, 11) is 1.39. The molecule has 1 N–H and O–H groups in total. The maximum atomic E-state index is 13.7. The molecule has 3 aromatic rings. The number of H-pyrrole nitrogens is 1. The van der Waals surface area contributed by atoms with Crippen LogP contribution in [0.3, 0.4) is 0 Å². The van der Waals surface area contributed by atoms with Crippen molar-refractivity contribution in [2.45, 2.75) is 0 Å². The van der Waals surface area contributed by atoms with Crippen LogP contribution in [0.25, 0.3) is 22.0 Å². The molecule has 0 aliphatic heterocycles. The number of aromatic nitrogens is 2. The van der Waals surface area contributed by atoms with E-state index in [-0.39, 0.29) is 22.2 Å². The quantitative estimate of drug-likeness (QED) is 0.794. The van der Waals surface area contributed by atoms with Gasteiger partial charge >= 0.3 is 0 Å². The Bertz CT molecular complexity index is 966. The van der Waals surface area contributed by atoms with Crippen LogP contribution in [0.1, 0.15) is 11.4 Å². The first kappa shape index (κ1) is 15.2. The second-order valence-corrected chi connectivity index (χ2v) is 5.23. The van der Waals surface area contributed by atoms with Gasteiger partial charge in [0, 0.05) is 0 Å². The van der Waals surface area contributed by atoms with Gasteiger partial charge in [0.15, 0.2) is 17.4 Å². The van der Waals surface area contributed by atoms with E-state index >= 15 is 0 Å². The minimum absolute atomic E-state index is 0.149. The summed E-state index contributed by atoms with van der Waals surface area (Å²) in [5.41, 5.74) is 0.792. The normalized spacial score (nSPS) is 11.7. The average Bonchev–Trinajstić information content (AvgIpc) is 2.55. The number of hydrogen-bond acceptors (Lipinski definition) is 3. The molecule has 0 saturated carbocycles. The number of nitrogens with zero attached hydrogens (tertiary/aromatic N) is 1. The largest absolute Gasteiger partial charge is 0.494 e. The number of hydrogen-bond donors (Lipinski definition) is 1.